The van der Waals surface area contributed by atoms with Gasteiger partial charge >= 0.3 is 0 Å². The fourth-order valence-corrected chi connectivity index (χ4v) is 2.19. The molecule has 2 heteroatoms. The van der Waals surface area contributed by atoms with E-state index in [0.29, 0.717) is 12.5 Å². The van der Waals surface area contributed by atoms with Crippen LogP contribution in [0.1, 0.15) is 26.2 Å². The minimum absolute atomic E-state index is 0.484. The summed E-state index contributed by atoms with van der Waals surface area (Å²) < 4.78 is 0. The molecule has 2 radical (unpaired) electrons. The smallest absolute Gasteiger partial charge is 0.0863 e. The normalized spacial score (nSPS) is 24.6. The van der Waals surface area contributed by atoms with Crippen molar-refractivity contribution in [1.82, 2.24) is 4.90 Å². The number of hydrogen-bond acceptors (Lipinski definition) is 1. The summed E-state index contributed by atoms with van der Waals surface area (Å²) in [7, 11) is 5.77. The molecule has 1 heterocycles. The summed E-state index contributed by atoms with van der Waals surface area (Å²) in [5.74, 6) is 0. The average molecular weight is 201 g/mol. The van der Waals surface area contributed by atoms with Crippen molar-refractivity contribution < 1.29 is 0 Å². The van der Waals surface area contributed by atoms with Crippen LogP contribution in [-0.4, -0.2) is 31.8 Å². The number of likely N-dealkylation sites (tertiary alicyclic amines) is 1. The Bertz CT molecular complexity index is 255. The fraction of sp³-hybridized carbons (Fsp3) is 0.538. The lowest BCUT2D eigenvalue weighted by Crippen LogP contribution is -2.41. The summed E-state index contributed by atoms with van der Waals surface area (Å²) in [6.45, 7) is 6.93. The largest absolute Gasteiger partial charge is 0.305 e. The molecule has 0 aromatic carbocycles. The molecule has 0 spiro atoms. The average Bonchev–Trinajstić information content (AvgIpc) is 2.29. The van der Waals surface area contributed by atoms with Crippen LogP contribution >= 0.6 is 0 Å². The second-order valence-electron chi connectivity index (χ2n) is 3.91. The molecule has 1 rings (SSSR count). The van der Waals surface area contributed by atoms with E-state index >= 15 is 0 Å². The van der Waals surface area contributed by atoms with Crippen LogP contribution in [0.3, 0.4) is 0 Å². The molecule has 1 atom stereocenters. The maximum atomic E-state index is 5.77. The first kappa shape index (κ1) is 12.3. The van der Waals surface area contributed by atoms with Gasteiger partial charge in [-0.05, 0) is 38.3 Å². The maximum absolute atomic E-state index is 5.77. The van der Waals surface area contributed by atoms with Gasteiger partial charge in [0.1, 0.15) is 0 Å². The van der Waals surface area contributed by atoms with Gasteiger partial charge in [-0.15, -0.1) is 0 Å². The zero-order valence-corrected chi connectivity index (χ0v) is 9.65. The van der Waals surface area contributed by atoms with Crippen LogP contribution in [-0.2, 0) is 0 Å². The third-order valence-corrected chi connectivity index (χ3v) is 2.90. The Kier molecular flexibility index (Phi) is 5.48. The number of piperidine rings is 1. The Morgan fingerprint density at radius 3 is 2.93 bits per heavy atom. The van der Waals surface area contributed by atoms with E-state index in [0.717, 1.165) is 6.54 Å². The molecule has 0 N–H and O–H groups in total. The van der Waals surface area contributed by atoms with E-state index in [9.17, 15) is 0 Å². The monoisotopic (exact) mass is 201 g/mol. The van der Waals surface area contributed by atoms with Crippen molar-refractivity contribution in [2.45, 2.75) is 32.2 Å². The van der Waals surface area contributed by atoms with Gasteiger partial charge in [0.25, 0.3) is 0 Å². The second kappa shape index (κ2) is 6.68. The Morgan fingerprint density at radius 1 is 1.53 bits per heavy atom. The summed E-state index contributed by atoms with van der Waals surface area (Å²) in [4.78, 5) is 2.35. The molecular formula is C13H20BN. The first-order valence-corrected chi connectivity index (χ1v) is 5.73. The lowest BCUT2D eigenvalue weighted by atomic mass is 9.92. The van der Waals surface area contributed by atoms with Crippen LogP contribution in [0.4, 0.5) is 0 Å². The molecule has 1 saturated heterocycles. The van der Waals surface area contributed by atoms with Gasteiger partial charge < -0.3 is 4.90 Å². The van der Waals surface area contributed by atoms with Gasteiger partial charge in [-0.1, -0.05) is 37.3 Å². The molecule has 1 unspecified atom stereocenters. The van der Waals surface area contributed by atoms with Crippen molar-refractivity contribution in [2.24, 2.45) is 0 Å². The van der Waals surface area contributed by atoms with E-state index < -0.39 is 0 Å². The van der Waals surface area contributed by atoms with Crippen LogP contribution in [0.15, 0.2) is 36.5 Å². The third kappa shape index (κ3) is 3.38. The van der Waals surface area contributed by atoms with Crippen molar-refractivity contribution in [1.29, 1.82) is 0 Å². The molecule has 1 fully saturated rings. The molecule has 1 aliphatic heterocycles. The zero-order valence-electron chi connectivity index (χ0n) is 9.65. The van der Waals surface area contributed by atoms with E-state index in [4.69, 9.17) is 7.85 Å². The van der Waals surface area contributed by atoms with E-state index in [1.54, 1.807) is 0 Å². The van der Waals surface area contributed by atoms with Gasteiger partial charge in [0.2, 0.25) is 0 Å². The first-order valence-electron chi connectivity index (χ1n) is 5.73. The molecule has 0 aromatic heterocycles. The van der Waals surface area contributed by atoms with Gasteiger partial charge in [-0.2, -0.15) is 0 Å². The summed E-state index contributed by atoms with van der Waals surface area (Å²) in [6.07, 6.45) is 12.6. The minimum atomic E-state index is 0.484. The number of nitrogens with zero attached hydrogens (tertiary/aromatic N) is 1. The Hall–Kier alpha value is -0.755. The van der Waals surface area contributed by atoms with Crippen LogP contribution in [0.5, 0.6) is 0 Å². The number of rotatable bonds is 4. The van der Waals surface area contributed by atoms with Crippen LogP contribution in [0.25, 0.3) is 0 Å². The highest BCUT2D eigenvalue weighted by molar-refractivity contribution is 6.08. The van der Waals surface area contributed by atoms with Crippen LogP contribution in [0, 0.1) is 0 Å². The van der Waals surface area contributed by atoms with Gasteiger partial charge in [-0.25, -0.2) is 0 Å². The van der Waals surface area contributed by atoms with Crippen LogP contribution in [0.2, 0.25) is 0 Å². The van der Waals surface area contributed by atoms with E-state index in [1.807, 2.05) is 13.0 Å². The Labute approximate surface area is 95.0 Å². The lowest BCUT2D eigenvalue weighted by molar-refractivity contribution is 0.203. The molecular weight excluding hydrogens is 181 g/mol. The molecule has 0 saturated carbocycles. The highest BCUT2D eigenvalue weighted by atomic mass is 15.1. The molecule has 0 aliphatic carbocycles. The van der Waals surface area contributed by atoms with E-state index in [1.165, 1.54) is 24.8 Å². The topological polar surface area (TPSA) is 3.24 Å². The van der Waals surface area contributed by atoms with E-state index in [2.05, 4.69) is 29.7 Å². The highest BCUT2D eigenvalue weighted by Crippen LogP contribution is 2.23. The van der Waals surface area contributed by atoms with Crippen molar-refractivity contribution in [3.63, 3.8) is 0 Å². The molecule has 0 amide bonds. The molecule has 1 aliphatic rings. The SMILES string of the molecule is [B]CN1CCCCC1C(/C=C\C)=C/C=C. The van der Waals surface area contributed by atoms with Gasteiger partial charge in [0.15, 0.2) is 0 Å². The van der Waals surface area contributed by atoms with Gasteiger partial charge in [0, 0.05) is 6.04 Å². The summed E-state index contributed by atoms with van der Waals surface area (Å²) in [5, 5.41) is 0. The second-order valence-corrected chi connectivity index (χ2v) is 3.91. The van der Waals surface area contributed by atoms with Gasteiger partial charge in [-0.3, -0.25) is 0 Å². The predicted octanol–water partition coefficient (Wildman–Crippen LogP) is 2.66. The summed E-state index contributed by atoms with van der Waals surface area (Å²) >= 11 is 0. The fourth-order valence-electron chi connectivity index (χ4n) is 2.19. The van der Waals surface area contributed by atoms with Crippen molar-refractivity contribution >= 4 is 7.85 Å². The first-order chi connectivity index (χ1) is 7.33. The van der Waals surface area contributed by atoms with Crippen molar-refractivity contribution in [3.05, 3.63) is 36.5 Å². The van der Waals surface area contributed by atoms with Crippen molar-refractivity contribution in [2.75, 3.05) is 13.0 Å². The van der Waals surface area contributed by atoms with Crippen LogP contribution < -0.4 is 0 Å². The number of allylic oxidation sites excluding steroid dienone is 3. The Morgan fingerprint density at radius 2 is 2.33 bits per heavy atom. The quantitative estimate of drug-likeness (QED) is 0.499. The molecule has 0 bridgehead atoms. The minimum Gasteiger partial charge on any atom is -0.305 e. The summed E-state index contributed by atoms with van der Waals surface area (Å²) in [6, 6.07) is 0.484. The predicted molar refractivity (Wildman–Crippen MR) is 68.1 cm³/mol. The highest BCUT2D eigenvalue weighted by Gasteiger charge is 2.22. The zero-order chi connectivity index (χ0) is 11.1. The van der Waals surface area contributed by atoms with Crippen molar-refractivity contribution in [3.8, 4) is 0 Å². The molecule has 0 aromatic rings. The summed E-state index contributed by atoms with van der Waals surface area (Å²) in [5.41, 5.74) is 1.33. The Balaban J connectivity index is 2.79. The lowest BCUT2D eigenvalue weighted by Gasteiger charge is -2.36. The molecule has 80 valence electrons. The third-order valence-electron chi connectivity index (χ3n) is 2.90. The maximum Gasteiger partial charge on any atom is 0.0863 e. The van der Waals surface area contributed by atoms with Gasteiger partial charge in [0.05, 0.1) is 7.85 Å². The standard InChI is InChI=1S/C13H20BN/c1-3-7-12(8-4-2)13-9-5-6-10-15(13)11-14/h3-4,7-8,13H,1,5-6,9-11H2,2H3/b8-4-,12-7+. The number of hydrogen-bond donors (Lipinski definition) is 0. The van der Waals surface area contributed by atoms with E-state index in [-0.39, 0.29) is 0 Å². The molecule has 1 nitrogen and oxygen atoms in total. The molecule has 15 heavy (non-hydrogen) atoms.